The first-order valence-electron chi connectivity index (χ1n) is 12.5. The number of hydrogen-bond acceptors (Lipinski definition) is 6. The summed E-state index contributed by atoms with van der Waals surface area (Å²) in [6.07, 6.45) is 1.40. The maximum atomic E-state index is 14.1. The molecule has 3 atom stereocenters. The van der Waals surface area contributed by atoms with E-state index in [0.717, 1.165) is 28.3 Å². The van der Waals surface area contributed by atoms with Crippen LogP contribution >= 0.6 is 11.6 Å². The molecule has 0 radical (unpaired) electrons. The van der Waals surface area contributed by atoms with Crippen molar-refractivity contribution in [3.05, 3.63) is 119 Å². The number of halogens is 1. The van der Waals surface area contributed by atoms with Crippen LogP contribution in [-0.4, -0.2) is 26.2 Å². The summed E-state index contributed by atoms with van der Waals surface area (Å²) in [5.74, 6) is -1.08. The Labute approximate surface area is 230 Å². The third-order valence-corrected chi connectivity index (χ3v) is 8.18. The summed E-state index contributed by atoms with van der Waals surface area (Å²) < 4.78 is 24.1. The Morgan fingerprint density at radius 3 is 2.08 bits per heavy atom. The van der Waals surface area contributed by atoms with E-state index < -0.39 is 29.1 Å². The highest BCUT2D eigenvalue weighted by Gasteiger charge is 2.64. The Morgan fingerprint density at radius 2 is 1.44 bits per heavy atom. The highest BCUT2D eigenvalue weighted by molar-refractivity contribution is 6.30. The molecule has 0 N–H and O–H groups in total. The molecule has 39 heavy (non-hydrogen) atoms. The molecule has 7 rings (SSSR count). The SMILES string of the molecule is C=CC(=O)Oc1ccc(OC(=O)C2CC3(OC)c4ccccc4C2(OC)c2ccc(Cl)cc23)c2ccccc12. The number of carbonyl (C=O) groups is 2. The Bertz CT molecular complexity index is 1660. The Hall–Kier alpha value is -3.97. The standard InChI is InChI=1S/C32H25ClO6/c1-4-29(34)38-27-15-16-28(21-10-6-5-9-20(21)27)39-30(35)26-18-31(36-2)22-11-7-8-12-23(22)32(26,37-3)24-14-13-19(33)17-25(24)31/h4-17,26H,1,18H2,2-3H3. The number of fused-ring (bicyclic) bond motifs is 2. The van der Waals surface area contributed by atoms with Crippen LogP contribution in [0.15, 0.2) is 91.5 Å². The van der Waals surface area contributed by atoms with Crippen LogP contribution in [-0.2, 0) is 30.3 Å². The van der Waals surface area contributed by atoms with Crippen molar-refractivity contribution in [2.45, 2.75) is 17.6 Å². The van der Waals surface area contributed by atoms with Crippen LogP contribution in [0.4, 0.5) is 0 Å². The lowest BCUT2D eigenvalue weighted by molar-refractivity contribution is -0.164. The molecule has 3 aliphatic carbocycles. The number of rotatable bonds is 6. The van der Waals surface area contributed by atoms with E-state index in [4.69, 9.17) is 30.5 Å². The molecule has 4 aromatic carbocycles. The van der Waals surface area contributed by atoms with E-state index in [1.54, 1.807) is 38.5 Å². The monoisotopic (exact) mass is 540 g/mol. The zero-order valence-electron chi connectivity index (χ0n) is 21.4. The molecular formula is C32H25ClO6. The largest absolute Gasteiger partial charge is 0.426 e. The van der Waals surface area contributed by atoms with E-state index >= 15 is 0 Å². The van der Waals surface area contributed by atoms with Crippen LogP contribution in [0, 0.1) is 5.92 Å². The summed E-state index contributed by atoms with van der Waals surface area (Å²) in [4.78, 5) is 26.0. The van der Waals surface area contributed by atoms with Gasteiger partial charge in [-0.3, -0.25) is 4.79 Å². The molecule has 2 bridgehead atoms. The van der Waals surface area contributed by atoms with Crippen molar-refractivity contribution in [3.63, 3.8) is 0 Å². The van der Waals surface area contributed by atoms with Gasteiger partial charge in [-0.2, -0.15) is 0 Å². The molecule has 0 aromatic heterocycles. The van der Waals surface area contributed by atoms with Crippen molar-refractivity contribution in [1.82, 2.24) is 0 Å². The van der Waals surface area contributed by atoms with Crippen LogP contribution in [0.25, 0.3) is 10.8 Å². The van der Waals surface area contributed by atoms with E-state index in [-0.39, 0.29) is 0 Å². The number of ether oxygens (including phenoxy) is 4. The van der Waals surface area contributed by atoms with E-state index in [2.05, 4.69) is 6.58 Å². The molecule has 6 nitrogen and oxygen atoms in total. The molecule has 0 heterocycles. The molecule has 0 fully saturated rings. The van der Waals surface area contributed by atoms with Crippen molar-refractivity contribution in [3.8, 4) is 11.5 Å². The predicted molar refractivity (Wildman–Crippen MR) is 147 cm³/mol. The van der Waals surface area contributed by atoms with Crippen LogP contribution in [0.1, 0.15) is 28.7 Å². The van der Waals surface area contributed by atoms with Crippen LogP contribution in [0.2, 0.25) is 5.02 Å². The van der Waals surface area contributed by atoms with Gasteiger partial charge in [0.1, 0.15) is 22.7 Å². The van der Waals surface area contributed by atoms with Gasteiger partial charge < -0.3 is 18.9 Å². The first-order valence-corrected chi connectivity index (χ1v) is 12.9. The van der Waals surface area contributed by atoms with E-state index in [1.807, 2.05) is 54.6 Å². The fourth-order valence-electron chi connectivity index (χ4n) is 6.32. The number of esters is 2. The highest BCUT2D eigenvalue weighted by atomic mass is 35.5. The Balaban J connectivity index is 1.48. The quantitative estimate of drug-likeness (QED) is 0.162. The molecule has 0 amide bonds. The minimum absolute atomic E-state index is 0.299. The van der Waals surface area contributed by atoms with Crippen LogP contribution in [0.5, 0.6) is 11.5 Å². The summed E-state index contributed by atoms with van der Waals surface area (Å²) in [5, 5.41) is 1.83. The second-order valence-corrected chi connectivity index (χ2v) is 10.1. The second kappa shape index (κ2) is 9.35. The average Bonchev–Trinajstić information content (AvgIpc) is 2.98. The maximum absolute atomic E-state index is 14.1. The molecule has 3 unspecified atom stereocenters. The molecule has 3 aliphatic rings. The topological polar surface area (TPSA) is 71.1 Å². The molecule has 196 valence electrons. The van der Waals surface area contributed by atoms with Gasteiger partial charge in [0.2, 0.25) is 0 Å². The van der Waals surface area contributed by atoms with Gasteiger partial charge in [0.15, 0.2) is 0 Å². The second-order valence-electron chi connectivity index (χ2n) is 9.62. The van der Waals surface area contributed by atoms with Gasteiger partial charge in [0.05, 0.1) is 5.92 Å². The van der Waals surface area contributed by atoms with Gasteiger partial charge in [-0.25, -0.2) is 4.79 Å². The molecule has 0 aliphatic heterocycles. The highest BCUT2D eigenvalue weighted by Crippen LogP contribution is 2.62. The first-order chi connectivity index (χ1) is 18.9. The van der Waals surface area contributed by atoms with Gasteiger partial charge in [-0.15, -0.1) is 0 Å². The molecule has 7 heteroatoms. The van der Waals surface area contributed by atoms with E-state index in [1.165, 1.54) is 0 Å². The third-order valence-electron chi connectivity index (χ3n) is 7.95. The predicted octanol–water partition coefficient (Wildman–Crippen LogP) is 6.30. The fraction of sp³-hybridized carbons (Fsp3) is 0.188. The van der Waals surface area contributed by atoms with Gasteiger partial charge in [-0.1, -0.05) is 72.8 Å². The van der Waals surface area contributed by atoms with Crippen molar-refractivity contribution in [1.29, 1.82) is 0 Å². The Morgan fingerprint density at radius 1 is 0.821 bits per heavy atom. The lowest BCUT2D eigenvalue weighted by atomic mass is 9.54. The summed E-state index contributed by atoms with van der Waals surface area (Å²) in [5.41, 5.74) is 1.47. The fourth-order valence-corrected chi connectivity index (χ4v) is 6.49. The first kappa shape index (κ1) is 25.3. The lowest BCUT2D eigenvalue weighted by Gasteiger charge is -2.56. The number of benzene rings is 4. The van der Waals surface area contributed by atoms with Crippen molar-refractivity contribution in [2.75, 3.05) is 14.2 Å². The van der Waals surface area contributed by atoms with Gasteiger partial charge in [0, 0.05) is 42.5 Å². The molecule has 0 saturated carbocycles. The van der Waals surface area contributed by atoms with Crippen LogP contribution < -0.4 is 9.47 Å². The smallest absolute Gasteiger partial charge is 0.335 e. The summed E-state index contributed by atoms with van der Waals surface area (Å²) in [7, 11) is 3.25. The summed E-state index contributed by atoms with van der Waals surface area (Å²) >= 11 is 6.44. The summed E-state index contributed by atoms with van der Waals surface area (Å²) in [6.45, 7) is 3.45. The minimum Gasteiger partial charge on any atom is -0.426 e. The van der Waals surface area contributed by atoms with E-state index in [9.17, 15) is 9.59 Å². The zero-order valence-corrected chi connectivity index (χ0v) is 22.2. The van der Waals surface area contributed by atoms with Crippen LogP contribution in [0.3, 0.4) is 0 Å². The number of carbonyl (C=O) groups excluding carboxylic acids is 2. The zero-order chi connectivity index (χ0) is 27.4. The molecule has 0 saturated heterocycles. The summed E-state index contributed by atoms with van der Waals surface area (Å²) in [6, 6.07) is 23.9. The Kier molecular flexibility index (Phi) is 6.07. The van der Waals surface area contributed by atoms with Gasteiger partial charge >= 0.3 is 11.9 Å². The molecule has 4 aromatic rings. The lowest BCUT2D eigenvalue weighted by Crippen LogP contribution is -2.59. The number of methoxy groups -OCH3 is 2. The van der Waals surface area contributed by atoms with Gasteiger partial charge in [-0.05, 0) is 46.5 Å². The van der Waals surface area contributed by atoms with Crippen molar-refractivity contribution in [2.24, 2.45) is 5.92 Å². The molecule has 0 spiro atoms. The maximum Gasteiger partial charge on any atom is 0.335 e. The van der Waals surface area contributed by atoms with E-state index in [0.29, 0.717) is 33.7 Å². The normalized spacial score (nSPS) is 22.6. The minimum atomic E-state index is -1.11. The van der Waals surface area contributed by atoms with Gasteiger partial charge in [0.25, 0.3) is 0 Å². The van der Waals surface area contributed by atoms with Crippen molar-refractivity contribution < 1.29 is 28.5 Å². The number of hydrogen-bond donors (Lipinski definition) is 0. The third kappa shape index (κ3) is 3.56. The average molecular weight is 541 g/mol. The van der Waals surface area contributed by atoms with Crippen molar-refractivity contribution >= 4 is 34.3 Å². The molecular weight excluding hydrogens is 516 g/mol.